The average Bonchev–Trinajstić information content (AvgIpc) is 2.70. The van der Waals surface area contributed by atoms with Gasteiger partial charge in [0.1, 0.15) is 16.5 Å². The zero-order valence-electron chi connectivity index (χ0n) is 16.1. The van der Waals surface area contributed by atoms with Crippen LogP contribution in [-0.2, 0) is 26.0 Å². The first-order valence-corrected chi connectivity index (χ1v) is 10.7. The molecule has 0 aliphatic carbocycles. The van der Waals surface area contributed by atoms with Gasteiger partial charge in [-0.2, -0.15) is 4.31 Å². The number of benzene rings is 2. The van der Waals surface area contributed by atoms with E-state index in [4.69, 9.17) is 9.47 Å². The van der Waals surface area contributed by atoms with E-state index in [0.717, 1.165) is 0 Å². The Kier molecular flexibility index (Phi) is 6.83. The van der Waals surface area contributed by atoms with Gasteiger partial charge in [-0.05, 0) is 42.8 Å². The first-order valence-electron chi connectivity index (χ1n) is 9.29. The Morgan fingerprint density at radius 3 is 2.66 bits per heavy atom. The normalized spacial score (nSPS) is 15.1. The molecule has 3 rings (SSSR count). The quantitative estimate of drug-likeness (QED) is 0.741. The Labute approximate surface area is 169 Å². The minimum Gasteiger partial charge on any atom is -0.492 e. The number of ether oxygens (including phenoxy) is 2. The smallest absolute Gasteiger partial charge is 0.246 e. The number of carbonyl (C=O) groups is 1. The van der Waals surface area contributed by atoms with E-state index in [1.54, 1.807) is 19.1 Å². The van der Waals surface area contributed by atoms with E-state index < -0.39 is 15.8 Å². The lowest BCUT2D eigenvalue weighted by Crippen LogP contribution is -2.40. The Bertz CT molecular complexity index is 975. The van der Waals surface area contributed by atoms with Crippen molar-refractivity contribution in [2.24, 2.45) is 0 Å². The number of hydrogen-bond donors (Lipinski definition) is 1. The highest BCUT2D eigenvalue weighted by Crippen LogP contribution is 2.30. The first-order chi connectivity index (χ1) is 13.9. The van der Waals surface area contributed by atoms with Crippen molar-refractivity contribution in [3.05, 3.63) is 53.8 Å². The number of morpholine rings is 1. The lowest BCUT2D eigenvalue weighted by molar-refractivity contribution is -0.115. The van der Waals surface area contributed by atoms with Crippen LogP contribution in [0.25, 0.3) is 0 Å². The maximum atomic E-state index is 13.3. The molecule has 1 fully saturated rings. The summed E-state index contributed by atoms with van der Waals surface area (Å²) in [6.45, 7) is 3.23. The number of rotatable bonds is 7. The van der Waals surface area contributed by atoms with Crippen LogP contribution >= 0.6 is 0 Å². The van der Waals surface area contributed by atoms with Gasteiger partial charge in [-0.1, -0.05) is 12.1 Å². The molecule has 0 saturated carbocycles. The molecule has 7 nitrogen and oxygen atoms in total. The van der Waals surface area contributed by atoms with Crippen LogP contribution in [0.15, 0.2) is 47.4 Å². The summed E-state index contributed by atoms with van der Waals surface area (Å²) >= 11 is 0. The van der Waals surface area contributed by atoms with Gasteiger partial charge in [-0.15, -0.1) is 0 Å². The van der Waals surface area contributed by atoms with Gasteiger partial charge >= 0.3 is 0 Å². The minimum absolute atomic E-state index is 0.00944. The van der Waals surface area contributed by atoms with Crippen LogP contribution < -0.4 is 10.1 Å². The number of sulfonamides is 1. The third kappa shape index (κ3) is 5.31. The molecule has 2 aromatic carbocycles. The standard InChI is InChI=1S/C20H23FN2O5S/c1-2-28-18-7-6-17(22-20(24)13-15-4-3-5-16(21)12-15)14-19(18)29(25,26)23-8-10-27-11-9-23/h3-7,12,14H,2,8-11,13H2,1H3,(H,22,24). The highest BCUT2D eigenvalue weighted by molar-refractivity contribution is 7.89. The van der Waals surface area contributed by atoms with Gasteiger partial charge < -0.3 is 14.8 Å². The Morgan fingerprint density at radius 2 is 1.97 bits per heavy atom. The number of hydrogen-bond acceptors (Lipinski definition) is 5. The Morgan fingerprint density at radius 1 is 1.21 bits per heavy atom. The van der Waals surface area contributed by atoms with Gasteiger partial charge in [-0.25, -0.2) is 12.8 Å². The van der Waals surface area contributed by atoms with Crippen LogP contribution in [0.1, 0.15) is 12.5 Å². The minimum atomic E-state index is -3.81. The van der Waals surface area contributed by atoms with E-state index in [2.05, 4.69) is 5.32 Å². The second kappa shape index (κ2) is 9.34. The molecule has 2 aromatic rings. The lowest BCUT2D eigenvalue weighted by Gasteiger charge is -2.27. The van der Waals surface area contributed by atoms with Crippen molar-refractivity contribution >= 4 is 21.6 Å². The van der Waals surface area contributed by atoms with Gasteiger partial charge in [0.2, 0.25) is 15.9 Å². The second-order valence-electron chi connectivity index (χ2n) is 6.47. The Balaban J connectivity index is 1.83. The summed E-state index contributed by atoms with van der Waals surface area (Å²) in [5.41, 5.74) is 0.844. The first kappa shape index (κ1) is 21.2. The largest absolute Gasteiger partial charge is 0.492 e. The van der Waals surface area contributed by atoms with Crippen molar-refractivity contribution in [2.75, 3.05) is 38.2 Å². The zero-order chi connectivity index (χ0) is 20.9. The van der Waals surface area contributed by atoms with E-state index in [0.29, 0.717) is 31.1 Å². The summed E-state index contributed by atoms with van der Waals surface area (Å²) in [7, 11) is -3.81. The molecule has 1 saturated heterocycles. The van der Waals surface area contributed by atoms with Gasteiger partial charge in [-0.3, -0.25) is 4.79 Å². The van der Waals surface area contributed by atoms with Gasteiger partial charge in [0.15, 0.2) is 0 Å². The molecule has 0 radical (unpaired) electrons. The molecule has 29 heavy (non-hydrogen) atoms. The second-order valence-corrected chi connectivity index (χ2v) is 8.37. The topological polar surface area (TPSA) is 84.9 Å². The number of halogens is 1. The maximum absolute atomic E-state index is 13.3. The number of anilines is 1. The summed E-state index contributed by atoms with van der Waals surface area (Å²) in [6.07, 6.45) is -0.0312. The molecular formula is C20H23FN2O5S. The molecule has 1 aliphatic rings. The molecule has 1 heterocycles. The number of nitrogens with one attached hydrogen (secondary N) is 1. The number of carbonyl (C=O) groups excluding carboxylic acids is 1. The SMILES string of the molecule is CCOc1ccc(NC(=O)Cc2cccc(F)c2)cc1S(=O)(=O)N1CCOCC1. The van der Waals surface area contributed by atoms with E-state index in [1.165, 1.54) is 34.6 Å². The van der Waals surface area contributed by atoms with Crippen molar-refractivity contribution in [2.45, 2.75) is 18.2 Å². The highest BCUT2D eigenvalue weighted by Gasteiger charge is 2.29. The predicted molar refractivity (Wildman–Crippen MR) is 106 cm³/mol. The highest BCUT2D eigenvalue weighted by atomic mass is 32.2. The van der Waals surface area contributed by atoms with E-state index >= 15 is 0 Å². The molecule has 0 bridgehead atoms. The van der Waals surface area contributed by atoms with Crippen LogP contribution in [0.3, 0.4) is 0 Å². The van der Waals surface area contributed by atoms with Gasteiger partial charge in [0.05, 0.1) is 26.2 Å². The maximum Gasteiger partial charge on any atom is 0.246 e. The predicted octanol–water partition coefficient (Wildman–Crippen LogP) is 2.43. The fourth-order valence-corrected chi connectivity index (χ4v) is 4.59. The zero-order valence-corrected chi connectivity index (χ0v) is 16.9. The molecule has 0 aromatic heterocycles. The molecule has 1 amide bonds. The molecule has 0 unspecified atom stereocenters. The van der Waals surface area contributed by atoms with Crippen LogP contribution in [0.5, 0.6) is 5.75 Å². The molecular weight excluding hydrogens is 399 g/mol. The summed E-state index contributed by atoms with van der Waals surface area (Å²) in [6, 6.07) is 10.3. The fraction of sp³-hybridized carbons (Fsp3) is 0.350. The van der Waals surface area contributed by atoms with E-state index in [1.807, 2.05) is 0 Å². The molecule has 9 heteroatoms. The van der Waals surface area contributed by atoms with Crippen LogP contribution in [0, 0.1) is 5.82 Å². The fourth-order valence-electron chi connectivity index (χ4n) is 3.03. The monoisotopic (exact) mass is 422 g/mol. The number of nitrogens with zero attached hydrogens (tertiary/aromatic N) is 1. The van der Waals surface area contributed by atoms with Crippen molar-refractivity contribution < 1.29 is 27.1 Å². The van der Waals surface area contributed by atoms with Crippen molar-refractivity contribution in [3.63, 3.8) is 0 Å². The molecule has 1 N–H and O–H groups in total. The van der Waals surface area contributed by atoms with Crippen molar-refractivity contribution in [3.8, 4) is 5.75 Å². The summed E-state index contributed by atoms with van der Waals surface area (Å²) in [5, 5.41) is 2.67. The van der Waals surface area contributed by atoms with Crippen LogP contribution in [0.2, 0.25) is 0 Å². The van der Waals surface area contributed by atoms with Crippen LogP contribution in [0.4, 0.5) is 10.1 Å². The summed E-state index contributed by atoms with van der Waals surface area (Å²) in [5.74, 6) is -0.577. The van der Waals surface area contributed by atoms with Crippen molar-refractivity contribution in [1.29, 1.82) is 0 Å². The Hall–Kier alpha value is -2.49. The third-order valence-electron chi connectivity index (χ3n) is 4.37. The summed E-state index contributed by atoms with van der Waals surface area (Å²) < 4.78 is 51.5. The molecule has 156 valence electrons. The van der Waals surface area contributed by atoms with E-state index in [9.17, 15) is 17.6 Å². The molecule has 0 spiro atoms. The molecule has 1 aliphatic heterocycles. The van der Waals surface area contributed by atoms with Gasteiger partial charge in [0.25, 0.3) is 0 Å². The van der Waals surface area contributed by atoms with Crippen LogP contribution in [-0.4, -0.2) is 51.5 Å². The average molecular weight is 422 g/mol. The van der Waals surface area contributed by atoms with Crippen molar-refractivity contribution in [1.82, 2.24) is 4.31 Å². The number of amides is 1. The van der Waals surface area contributed by atoms with E-state index in [-0.39, 0.29) is 36.1 Å². The summed E-state index contributed by atoms with van der Waals surface area (Å²) in [4.78, 5) is 12.3. The van der Waals surface area contributed by atoms with Gasteiger partial charge in [0, 0.05) is 18.8 Å². The molecule has 0 atom stereocenters. The lowest BCUT2D eigenvalue weighted by atomic mass is 10.1. The third-order valence-corrected chi connectivity index (χ3v) is 6.29.